The van der Waals surface area contributed by atoms with Crippen molar-refractivity contribution < 1.29 is 4.52 Å². The largest absolute Gasteiger partial charge is 0.357 e. The number of nitrogens with one attached hydrogen (secondary N) is 2. The van der Waals surface area contributed by atoms with Gasteiger partial charge in [0.2, 0.25) is 5.89 Å². The van der Waals surface area contributed by atoms with E-state index in [0.29, 0.717) is 24.8 Å². The van der Waals surface area contributed by atoms with Crippen molar-refractivity contribution >= 4 is 5.96 Å². The number of H-pyrrole nitrogens is 1. The zero-order chi connectivity index (χ0) is 19.8. The molecule has 8 nitrogen and oxygen atoms in total. The molecule has 2 N–H and O–H groups in total. The summed E-state index contributed by atoms with van der Waals surface area (Å²) in [4.78, 5) is 18.9. The maximum Gasteiger partial charge on any atom is 0.226 e. The zero-order valence-corrected chi connectivity index (χ0v) is 16.6. The Hall–Kier alpha value is -3.16. The smallest absolute Gasteiger partial charge is 0.226 e. The number of aliphatic imine (C=N–C) groups is 1. The number of aromatic amines is 1. The lowest BCUT2D eigenvalue weighted by molar-refractivity contribution is 0.372. The third-order valence-electron chi connectivity index (χ3n) is 4.18. The van der Waals surface area contributed by atoms with Gasteiger partial charge in [0.1, 0.15) is 5.82 Å². The molecule has 0 aliphatic rings. The van der Waals surface area contributed by atoms with Crippen molar-refractivity contribution in [2.75, 3.05) is 20.1 Å². The molecule has 1 aromatic carbocycles. The Morgan fingerprint density at radius 3 is 2.82 bits per heavy atom. The monoisotopic (exact) mass is 381 g/mol. The molecule has 3 aromatic rings. The van der Waals surface area contributed by atoms with Crippen LogP contribution in [0.5, 0.6) is 0 Å². The van der Waals surface area contributed by atoms with Gasteiger partial charge < -0.3 is 19.7 Å². The highest BCUT2D eigenvalue weighted by Crippen LogP contribution is 2.16. The highest BCUT2D eigenvalue weighted by molar-refractivity contribution is 5.79. The molecule has 0 saturated carbocycles. The first-order chi connectivity index (χ1) is 13.7. The van der Waals surface area contributed by atoms with Crippen LogP contribution in [0.2, 0.25) is 0 Å². The number of aryl methyl sites for hydroxylation is 2. The minimum atomic E-state index is 0.640. The summed E-state index contributed by atoms with van der Waals surface area (Å²) in [7, 11) is 2.01. The Balaban J connectivity index is 1.56. The molecule has 2 aromatic heterocycles. The number of benzene rings is 1. The maximum absolute atomic E-state index is 5.14. The molecule has 148 valence electrons. The van der Waals surface area contributed by atoms with Crippen LogP contribution in [0.25, 0.3) is 11.3 Å². The van der Waals surface area contributed by atoms with Gasteiger partial charge in [-0.2, -0.15) is 4.98 Å². The molecule has 28 heavy (non-hydrogen) atoms. The molecule has 0 saturated heterocycles. The van der Waals surface area contributed by atoms with Crippen LogP contribution in [0.15, 0.2) is 46.0 Å². The minimum Gasteiger partial charge on any atom is -0.357 e. The standard InChI is InChI=1S/C20H27N7O/c1-4-21-20(22-12-8-11-19-24-15(2)26-28-19)27(3)14-18-23-13-17(25-18)16-9-6-5-7-10-16/h5-7,9-10,13H,4,8,11-12,14H2,1-3H3,(H,21,22)(H,23,25). The fraction of sp³-hybridized carbons (Fsp3) is 0.400. The van der Waals surface area contributed by atoms with Gasteiger partial charge in [-0.25, -0.2) is 4.98 Å². The summed E-state index contributed by atoms with van der Waals surface area (Å²) >= 11 is 0. The van der Waals surface area contributed by atoms with Crippen LogP contribution in [0.1, 0.15) is 30.9 Å². The molecule has 0 bridgehead atoms. The van der Waals surface area contributed by atoms with Crippen LogP contribution in [-0.2, 0) is 13.0 Å². The first kappa shape index (κ1) is 19.6. The molecule has 0 amide bonds. The van der Waals surface area contributed by atoms with E-state index < -0.39 is 0 Å². The normalized spacial score (nSPS) is 11.6. The lowest BCUT2D eigenvalue weighted by Gasteiger charge is -2.21. The lowest BCUT2D eigenvalue weighted by atomic mass is 10.2. The van der Waals surface area contributed by atoms with Crippen molar-refractivity contribution in [3.05, 3.63) is 54.1 Å². The quantitative estimate of drug-likeness (QED) is 0.354. The van der Waals surface area contributed by atoms with Gasteiger partial charge in [0.15, 0.2) is 11.8 Å². The molecular formula is C20H27N7O. The first-order valence-electron chi connectivity index (χ1n) is 9.53. The van der Waals surface area contributed by atoms with E-state index in [2.05, 4.69) is 49.4 Å². The van der Waals surface area contributed by atoms with Crippen LogP contribution in [0.3, 0.4) is 0 Å². The highest BCUT2D eigenvalue weighted by atomic mass is 16.5. The van der Waals surface area contributed by atoms with E-state index in [1.165, 1.54) is 0 Å². The van der Waals surface area contributed by atoms with E-state index in [4.69, 9.17) is 9.52 Å². The molecule has 0 radical (unpaired) electrons. The van der Waals surface area contributed by atoms with Crippen molar-refractivity contribution in [1.82, 2.24) is 30.3 Å². The number of guanidine groups is 1. The van der Waals surface area contributed by atoms with E-state index in [9.17, 15) is 0 Å². The van der Waals surface area contributed by atoms with Crippen molar-refractivity contribution in [3.8, 4) is 11.3 Å². The summed E-state index contributed by atoms with van der Waals surface area (Å²) in [6, 6.07) is 10.2. The molecular weight excluding hydrogens is 354 g/mol. The van der Waals surface area contributed by atoms with Crippen molar-refractivity contribution in [2.24, 2.45) is 4.99 Å². The third kappa shape index (κ3) is 5.42. The van der Waals surface area contributed by atoms with Crippen molar-refractivity contribution in [1.29, 1.82) is 0 Å². The fourth-order valence-electron chi connectivity index (χ4n) is 2.83. The summed E-state index contributed by atoms with van der Waals surface area (Å²) in [5.74, 6) is 3.07. The second kappa shape index (κ2) is 9.68. The molecule has 0 atom stereocenters. The van der Waals surface area contributed by atoms with E-state index in [-0.39, 0.29) is 0 Å². The van der Waals surface area contributed by atoms with Gasteiger partial charge in [-0.3, -0.25) is 4.99 Å². The van der Waals surface area contributed by atoms with Gasteiger partial charge in [0, 0.05) is 26.6 Å². The molecule has 0 spiro atoms. The van der Waals surface area contributed by atoms with E-state index in [1.807, 2.05) is 38.4 Å². The van der Waals surface area contributed by atoms with Crippen LogP contribution < -0.4 is 5.32 Å². The Morgan fingerprint density at radius 2 is 2.11 bits per heavy atom. The van der Waals surface area contributed by atoms with Gasteiger partial charge in [0.05, 0.1) is 18.4 Å². The lowest BCUT2D eigenvalue weighted by Crippen LogP contribution is -2.38. The van der Waals surface area contributed by atoms with Crippen LogP contribution >= 0.6 is 0 Å². The van der Waals surface area contributed by atoms with E-state index in [1.54, 1.807) is 0 Å². The number of rotatable bonds is 8. The number of nitrogens with zero attached hydrogens (tertiary/aromatic N) is 5. The Morgan fingerprint density at radius 1 is 1.29 bits per heavy atom. The Kier molecular flexibility index (Phi) is 6.78. The Bertz CT molecular complexity index is 885. The average molecular weight is 381 g/mol. The SMILES string of the molecule is CCNC(=NCCCc1nc(C)no1)N(C)Cc1ncc(-c2ccccc2)[nH]1. The molecule has 3 rings (SSSR count). The van der Waals surface area contributed by atoms with Gasteiger partial charge in [-0.1, -0.05) is 35.5 Å². The minimum absolute atomic E-state index is 0.640. The Labute approximate surface area is 165 Å². The second-order valence-corrected chi connectivity index (χ2v) is 6.54. The highest BCUT2D eigenvalue weighted by Gasteiger charge is 2.10. The number of hydrogen-bond donors (Lipinski definition) is 2. The molecule has 2 heterocycles. The van der Waals surface area contributed by atoms with Gasteiger partial charge in [-0.15, -0.1) is 0 Å². The van der Waals surface area contributed by atoms with Crippen molar-refractivity contribution in [2.45, 2.75) is 33.2 Å². The third-order valence-corrected chi connectivity index (χ3v) is 4.18. The number of aromatic nitrogens is 4. The summed E-state index contributed by atoms with van der Waals surface area (Å²) in [6.07, 6.45) is 3.45. The topological polar surface area (TPSA) is 95.2 Å². The molecule has 0 aliphatic heterocycles. The summed E-state index contributed by atoms with van der Waals surface area (Å²) in [5.41, 5.74) is 2.14. The van der Waals surface area contributed by atoms with Crippen LogP contribution in [0.4, 0.5) is 0 Å². The number of imidazole rings is 1. The maximum atomic E-state index is 5.14. The predicted octanol–water partition coefficient (Wildman–Crippen LogP) is 2.80. The summed E-state index contributed by atoms with van der Waals surface area (Å²) in [5, 5.41) is 7.13. The molecule has 8 heteroatoms. The second-order valence-electron chi connectivity index (χ2n) is 6.54. The van der Waals surface area contributed by atoms with Crippen LogP contribution in [-0.4, -0.2) is 51.1 Å². The number of hydrogen-bond acceptors (Lipinski definition) is 5. The van der Waals surface area contributed by atoms with Crippen molar-refractivity contribution in [3.63, 3.8) is 0 Å². The molecule has 0 fully saturated rings. The van der Waals surface area contributed by atoms with Gasteiger partial charge in [0.25, 0.3) is 0 Å². The molecule has 0 aliphatic carbocycles. The summed E-state index contributed by atoms with van der Waals surface area (Å²) < 4.78 is 5.14. The zero-order valence-electron chi connectivity index (χ0n) is 16.6. The average Bonchev–Trinajstić information content (AvgIpc) is 3.34. The van der Waals surface area contributed by atoms with Gasteiger partial charge in [-0.05, 0) is 25.8 Å². The predicted molar refractivity (Wildman–Crippen MR) is 109 cm³/mol. The van der Waals surface area contributed by atoms with E-state index in [0.717, 1.165) is 42.4 Å². The summed E-state index contributed by atoms with van der Waals surface area (Å²) in [6.45, 7) is 6.01. The van der Waals surface area contributed by atoms with Gasteiger partial charge >= 0.3 is 0 Å². The van der Waals surface area contributed by atoms with Crippen LogP contribution in [0, 0.1) is 6.92 Å². The molecule has 0 unspecified atom stereocenters. The van der Waals surface area contributed by atoms with E-state index >= 15 is 0 Å². The fourth-order valence-corrected chi connectivity index (χ4v) is 2.83. The first-order valence-corrected chi connectivity index (χ1v) is 9.53.